The molecule has 0 radical (unpaired) electrons. The molecule has 0 aliphatic carbocycles. The SMILES string of the molecule is COC(=O)C(CO)Nc1cncc2nnnn12. The third kappa shape index (κ3) is 2.13. The standard InChI is InChI=1S/C8H10N6O3/c1-17-8(16)5(4-15)10-6-2-9-3-7-11-12-13-14(6)7/h2-3,5,10,15H,4H2,1H3. The Bertz CT molecular complexity index is 527. The van der Waals surface area contributed by atoms with E-state index in [1.165, 1.54) is 24.0 Å². The van der Waals surface area contributed by atoms with Crippen molar-refractivity contribution in [1.29, 1.82) is 0 Å². The predicted octanol–water partition coefficient (Wildman–Crippen LogP) is -1.53. The molecular weight excluding hydrogens is 228 g/mol. The van der Waals surface area contributed by atoms with Crippen LogP contribution in [0.5, 0.6) is 0 Å². The summed E-state index contributed by atoms with van der Waals surface area (Å²) in [4.78, 5) is 15.2. The minimum atomic E-state index is -0.892. The van der Waals surface area contributed by atoms with Gasteiger partial charge >= 0.3 is 5.97 Å². The topological polar surface area (TPSA) is 115 Å². The van der Waals surface area contributed by atoms with Gasteiger partial charge in [-0.15, -0.1) is 5.10 Å². The first-order chi connectivity index (χ1) is 8.26. The minimum Gasteiger partial charge on any atom is -0.467 e. The molecule has 1 atom stereocenters. The fraction of sp³-hybridized carbons (Fsp3) is 0.375. The Hall–Kier alpha value is -2.29. The maximum Gasteiger partial charge on any atom is 0.330 e. The number of rotatable bonds is 4. The van der Waals surface area contributed by atoms with Crippen molar-refractivity contribution >= 4 is 17.4 Å². The highest BCUT2D eigenvalue weighted by atomic mass is 16.5. The van der Waals surface area contributed by atoms with E-state index in [0.717, 1.165) is 0 Å². The summed E-state index contributed by atoms with van der Waals surface area (Å²) in [6.07, 6.45) is 2.91. The van der Waals surface area contributed by atoms with Crippen LogP contribution in [0, 0.1) is 0 Å². The second-order valence-corrected chi connectivity index (χ2v) is 3.14. The number of aromatic nitrogens is 5. The van der Waals surface area contributed by atoms with Crippen molar-refractivity contribution in [3.8, 4) is 0 Å². The Balaban J connectivity index is 2.28. The number of anilines is 1. The summed E-state index contributed by atoms with van der Waals surface area (Å²) < 4.78 is 5.89. The predicted molar refractivity (Wildman–Crippen MR) is 55.1 cm³/mol. The quantitative estimate of drug-likeness (QED) is 0.616. The smallest absolute Gasteiger partial charge is 0.330 e. The number of nitrogens with zero attached hydrogens (tertiary/aromatic N) is 5. The van der Waals surface area contributed by atoms with Gasteiger partial charge in [0, 0.05) is 0 Å². The largest absolute Gasteiger partial charge is 0.467 e. The Morgan fingerprint density at radius 1 is 1.65 bits per heavy atom. The first kappa shape index (κ1) is 11.2. The number of carbonyl (C=O) groups is 1. The molecule has 2 aromatic rings. The lowest BCUT2D eigenvalue weighted by molar-refractivity contribution is -0.142. The van der Waals surface area contributed by atoms with Crippen molar-refractivity contribution < 1.29 is 14.6 Å². The van der Waals surface area contributed by atoms with E-state index in [1.54, 1.807) is 0 Å². The van der Waals surface area contributed by atoms with Crippen LogP contribution in [0.2, 0.25) is 0 Å². The van der Waals surface area contributed by atoms with Crippen molar-refractivity contribution in [3.63, 3.8) is 0 Å². The van der Waals surface area contributed by atoms with Gasteiger partial charge in [0.25, 0.3) is 0 Å². The molecule has 0 saturated carbocycles. The van der Waals surface area contributed by atoms with Gasteiger partial charge in [0.05, 0.1) is 26.1 Å². The van der Waals surface area contributed by atoms with E-state index in [2.05, 4.69) is 30.6 Å². The van der Waals surface area contributed by atoms with E-state index in [4.69, 9.17) is 5.11 Å². The molecule has 0 saturated heterocycles. The molecule has 0 amide bonds. The van der Waals surface area contributed by atoms with Crippen LogP contribution in [0.1, 0.15) is 0 Å². The van der Waals surface area contributed by atoms with Gasteiger partial charge in [-0.3, -0.25) is 4.98 Å². The second kappa shape index (κ2) is 4.70. The number of carbonyl (C=O) groups excluding carboxylic acids is 1. The molecule has 0 fully saturated rings. The molecule has 2 N–H and O–H groups in total. The van der Waals surface area contributed by atoms with Crippen LogP contribution in [0.3, 0.4) is 0 Å². The van der Waals surface area contributed by atoms with Gasteiger partial charge in [-0.2, -0.15) is 4.52 Å². The summed E-state index contributed by atoms with van der Waals surface area (Å²) >= 11 is 0. The van der Waals surface area contributed by atoms with Crippen LogP contribution in [0.4, 0.5) is 5.82 Å². The molecule has 0 aliphatic heterocycles. The van der Waals surface area contributed by atoms with E-state index < -0.39 is 18.6 Å². The number of fused-ring (bicyclic) bond motifs is 1. The third-order valence-corrected chi connectivity index (χ3v) is 2.10. The summed E-state index contributed by atoms with van der Waals surface area (Å²) in [5.74, 6) is -0.200. The number of esters is 1. The first-order valence-corrected chi connectivity index (χ1v) is 4.73. The summed E-state index contributed by atoms with van der Waals surface area (Å²) in [7, 11) is 1.24. The number of tetrazole rings is 1. The average Bonchev–Trinajstić information content (AvgIpc) is 2.83. The van der Waals surface area contributed by atoms with Gasteiger partial charge in [0.2, 0.25) is 0 Å². The minimum absolute atomic E-state index is 0.386. The number of aliphatic hydroxyl groups is 1. The highest BCUT2D eigenvalue weighted by molar-refractivity contribution is 5.79. The molecule has 0 bridgehead atoms. The first-order valence-electron chi connectivity index (χ1n) is 4.73. The normalized spacial score (nSPS) is 12.4. The van der Waals surface area contributed by atoms with Crippen LogP contribution < -0.4 is 5.32 Å². The number of nitrogens with one attached hydrogen (secondary N) is 1. The van der Waals surface area contributed by atoms with Crippen LogP contribution in [-0.2, 0) is 9.53 Å². The summed E-state index contributed by atoms with van der Waals surface area (Å²) in [5.41, 5.74) is 0.427. The molecular formula is C8H10N6O3. The molecule has 9 heteroatoms. The molecule has 1 unspecified atom stereocenters. The maximum absolute atomic E-state index is 11.3. The number of ether oxygens (including phenoxy) is 1. The van der Waals surface area contributed by atoms with E-state index in [-0.39, 0.29) is 0 Å². The van der Waals surface area contributed by atoms with Crippen molar-refractivity contribution in [2.24, 2.45) is 0 Å². The van der Waals surface area contributed by atoms with Crippen LogP contribution >= 0.6 is 0 Å². The van der Waals surface area contributed by atoms with Crippen molar-refractivity contribution in [3.05, 3.63) is 12.4 Å². The fourth-order valence-corrected chi connectivity index (χ4v) is 1.27. The van der Waals surface area contributed by atoms with Crippen LogP contribution in [0.25, 0.3) is 5.65 Å². The molecule has 2 aromatic heterocycles. The van der Waals surface area contributed by atoms with Crippen molar-refractivity contribution in [1.82, 2.24) is 25.0 Å². The highest BCUT2D eigenvalue weighted by Crippen LogP contribution is 2.07. The maximum atomic E-state index is 11.3. The van der Waals surface area contributed by atoms with Gasteiger partial charge in [0.15, 0.2) is 11.5 Å². The van der Waals surface area contributed by atoms with Gasteiger partial charge in [0.1, 0.15) is 6.04 Å². The number of hydrogen-bond donors (Lipinski definition) is 2. The van der Waals surface area contributed by atoms with Crippen LogP contribution in [-0.4, -0.2) is 55.9 Å². The Morgan fingerprint density at radius 3 is 3.18 bits per heavy atom. The monoisotopic (exact) mass is 238 g/mol. The van der Waals surface area contributed by atoms with Gasteiger partial charge in [-0.1, -0.05) is 0 Å². The highest BCUT2D eigenvalue weighted by Gasteiger charge is 2.19. The lowest BCUT2D eigenvalue weighted by atomic mass is 10.3. The fourth-order valence-electron chi connectivity index (χ4n) is 1.27. The molecule has 0 aliphatic rings. The number of aliphatic hydroxyl groups excluding tert-OH is 1. The summed E-state index contributed by atoms with van der Waals surface area (Å²) in [6, 6.07) is -0.892. The summed E-state index contributed by atoms with van der Waals surface area (Å²) in [5, 5.41) is 22.7. The Kier molecular flexibility index (Phi) is 3.10. The molecule has 17 heavy (non-hydrogen) atoms. The lowest BCUT2D eigenvalue weighted by Gasteiger charge is -2.14. The van der Waals surface area contributed by atoms with Crippen molar-refractivity contribution in [2.45, 2.75) is 6.04 Å². The Labute approximate surface area is 95.4 Å². The average molecular weight is 238 g/mol. The Morgan fingerprint density at radius 2 is 2.47 bits per heavy atom. The number of hydrogen-bond acceptors (Lipinski definition) is 8. The van der Waals surface area contributed by atoms with E-state index in [9.17, 15) is 4.79 Å². The van der Waals surface area contributed by atoms with Gasteiger partial charge in [-0.05, 0) is 10.4 Å². The van der Waals surface area contributed by atoms with E-state index >= 15 is 0 Å². The molecule has 9 nitrogen and oxygen atoms in total. The van der Waals surface area contributed by atoms with Crippen LogP contribution in [0.15, 0.2) is 12.4 Å². The van der Waals surface area contributed by atoms with E-state index in [1.807, 2.05) is 0 Å². The molecule has 90 valence electrons. The zero-order valence-electron chi connectivity index (χ0n) is 8.94. The molecule has 0 spiro atoms. The van der Waals surface area contributed by atoms with Crippen molar-refractivity contribution in [2.75, 3.05) is 19.0 Å². The lowest BCUT2D eigenvalue weighted by Crippen LogP contribution is -2.34. The van der Waals surface area contributed by atoms with Gasteiger partial charge < -0.3 is 15.2 Å². The number of methoxy groups -OCH3 is 1. The van der Waals surface area contributed by atoms with E-state index in [0.29, 0.717) is 11.5 Å². The third-order valence-electron chi connectivity index (χ3n) is 2.10. The molecule has 2 rings (SSSR count). The molecule has 0 aromatic carbocycles. The zero-order valence-corrected chi connectivity index (χ0v) is 8.94. The molecule has 2 heterocycles. The van der Waals surface area contributed by atoms with Gasteiger partial charge in [-0.25, -0.2) is 4.79 Å². The summed E-state index contributed by atoms with van der Waals surface area (Å²) in [6.45, 7) is -0.412. The second-order valence-electron chi connectivity index (χ2n) is 3.14. The zero-order chi connectivity index (χ0) is 12.3.